The van der Waals surface area contributed by atoms with Crippen molar-refractivity contribution >= 4 is 0 Å². The normalized spacial score (nSPS) is 10.7. The molecule has 1 aromatic rings. The lowest BCUT2D eigenvalue weighted by Gasteiger charge is -2.11. The number of hydrogen-bond acceptors (Lipinski definition) is 4. The van der Waals surface area contributed by atoms with Crippen molar-refractivity contribution in [1.82, 2.24) is 5.32 Å². The highest BCUT2D eigenvalue weighted by Crippen LogP contribution is 2.29. The molecule has 0 saturated heterocycles. The van der Waals surface area contributed by atoms with Crippen LogP contribution in [0.2, 0.25) is 0 Å². The second-order valence-electron chi connectivity index (χ2n) is 3.53. The molecule has 0 fully saturated rings. The van der Waals surface area contributed by atoms with Crippen molar-refractivity contribution in [2.24, 2.45) is 0 Å². The number of alkyl halides is 2. The monoisotopic (exact) mass is 261 g/mol. The lowest BCUT2D eigenvalue weighted by molar-refractivity contribution is -0.0512. The van der Waals surface area contributed by atoms with Gasteiger partial charge >= 0.3 is 6.61 Å². The summed E-state index contributed by atoms with van der Waals surface area (Å²) in [5.41, 5.74) is 0.921. The Labute approximate surface area is 105 Å². The van der Waals surface area contributed by atoms with Crippen LogP contribution < -0.4 is 14.8 Å². The molecule has 0 aliphatic heterocycles. The SMILES string of the molecule is COCCNCc1ccc(OC(F)F)c(OC)c1. The molecule has 0 radical (unpaired) electrons. The zero-order valence-corrected chi connectivity index (χ0v) is 10.4. The Bertz CT molecular complexity index is 361. The highest BCUT2D eigenvalue weighted by molar-refractivity contribution is 5.42. The van der Waals surface area contributed by atoms with Gasteiger partial charge in [0, 0.05) is 20.2 Å². The van der Waals surface area contributed by atoms with Crippen molar-refractivity contribution < 1.29 is 23.0 Å². The Kier molecular flexibility index (Phi) is 6.38. The van der Waals surface area contributed by atoms with Crippen molar-refractivity contribution in [3.63, 3.8) is 0 Å². The lowest BCUT2D eigenvalue weighted by Crippen LogP contribution is -2.18. The number of nitrogens with one attached hydrogen (secondary N) is 1. The van der Waals surface area contributed by atoms with Gasteiger partial charge in [0.15, 0.2) is 11.5 Å². The van der Waals surface area contributed by atoms with Crippen LogP contribution in [0.3, 0.4) is 0 Å². The molecule has 1 aromatic carbocycles. The van der Waals surface area contributed by atoms with Crippen LogP contribution in [0.15, 0.2) is 18.2 Å². The van der Waals surface area contributed by atoms with Crippen molar-refractivity contribution in [3.8, 4) is 11.5 Å². The van der Waals surface area contributed by atoms with E-state index in [1.165, 1.54) is 13.2 Å². The molecule has 0 unspecified atom stereocenters. The smallest absolute Gasteiger partial charge is 0.387 e. The van der Waals surface area contributed by atoms with Gasteiger partial charge in [-0.3, -0.25) is 0 Å². The second-order valence-corrected chi connectivity index (χ2v) is 3.53. The number of benzene rings is 1. The van der Waals surface area contributed by atoms with Crippen molar-refractivity contribution in [2.45, 2.75) is 13.2 Å². The van der Waals surface area contributed by atoms with Crippen molar-refractivity contribution in [3.05, 3.63) is 23.8 Å². The summed E-state index contributed by atoms with van der Waals surface area (Å²) in [6, 6.07) is 4.84. The largest absolute Gasteiger partial charge is 0.493 e. The third-order valence-corrected chi connectivity index (χ3v) is 2.26. The average Bonchev–Trinajstić information content (AvgIpc) is 2.35. The summed E-state index contributed by atoms with van der Waals surface area (Å²) in [7, 11) is 3.04. The van der Waals surface area contributed by atoms with Gasteiger partial charge in [-0.2, -0.15) is 8.78 Å². The van der Waals surface area contributed by atoms with E-state index >= 15 is 0 Å². The maximum Gasteiger partial charge on any atom is 0.387 e. The van der Waals surface area contributed by atoms with E-state index in [9.17, 15) is 8.78 Å². The Morgan fingerprint density at radius 1 is 1.22 bits per heavy atom. The predicted octanol–water partition coefficient (Wildman–Crippen LogP) is 2.03. The minimum Gasteiger partial charge on any atom is -0.493 e. The van der Waals surface area contributed by atoms with Crippen LogP contribution in [0.1, 0.15) is 5.56 Å². The molecule has 18 heavy (non-hydrogen) atoms. The fourth-order valence-electron chi connectivity index (χ4n) is 1.42. The summed E-state index contributed by atoms with van der Waals surface area (Å²) >= 11 is 0. The molecule has 0 saturated carbocycles. The molecule has 4 nitrogen and oxygen atoms in total. The zero-order chi connectivity index (χ0) is 13.4. The van der Waals surface area contributed by atoms with E-state index in [0.717, 1.165) is 5.56 Å². The molecule has 1 N–H and O–H groups in total. The van der Waals surface area contributed by atoms with Gasteiger partial charge in [0.25, 0.3) is 0 Å². The molecular formula is C12H17F2NO3. The van der Waals surface area contributed by atoms with Crippen LogP contribution in [0.25, 0.3) is 0 Å². The third-order valence-electron chi connectivity index (χ3n) is 2.26. The Hall–Kier alpha value is -1.40. The van der Waals surface area contributed by atoms with Gasteiger partial charge in [-0.25, -0.2) is 0 Å². The fourth-order valence-corrected chi connectivity index (χ4v) is 1.42. The maximum absolute atomic E-state index is 12.1. The van der Waals surface area contributed by atoms with Crippen LogP contribution in [-0.4, -0.2) is 34.0 Å². The minimum atomic E-state index is -2.86. The molecule has 0 aliphatic carbocycles. The summed E-state index contributed by atoms with van der Waals surface area (Å²) in [5.74, 6) is 0.328. The molecule has 0 amide bonds. The number of halogens is 2. The van der Waals surface area contributed by atoms with Crippen molar-refractivity contribution in [1.29, 1.82) is 0 Å². The van der Waals surface area contributed by atoms with E-state index in [2.05, 4.69) is 10.1 Å². The first kappa shape index (κ1) is 14.7. The minimum absolute atomic E-state index is 0.0353. The predicted molar refractivity (Wildman–Crippen MR) is 63.2 cm³/mol. The Morgan fingerprint density at radius 3 is 2.61 bits per heavy atom. The van der Waals surface area contributed by atoms with Crippen LogP contribution >= 0.6 is 0 Å². The second kappa shape index (κ2) is 7.84. The van der Waals surface area contributed by atoms with Gasteiger partial charge in [-0.15, -0.1) is 0 Å². The lowest BCUT2D eigenvalue weighted by atomic mass is 10.2. The van der Waals surface area contributed by atoms with Gasteiger partial charge in [0.05, 0.1) is 13.7 Å². The van der Waals surface area contributed by atoms with Gasteiger partial charge in [-0.1, -0.05) is 6.07 Å². The molecule has 0 aliphatic rings. The maximum atomic E-state index is 12.1. The first-order chi connectivity index (χ1) is 8.67. The molecule has 1 rings (SSSR count). The Morgan fingerprint density at radius 2 is 2.00 bits per heavy atom. The molecule has 0 heterocycles. The number of ether oxygens (including phenoxy) is 3. The van der Waals surface area contributed by atoms with Crippen LogP contribution in [0.5, 0.6) is 11.5 Å². The van der Waals surface area contributed by atoms with E-state index in [0.29, 0.717) is 25.4 Å². The average molecular weight is 261 g/mol. The van der Waals surface area contributed by atoms with Crippen molar-refractivity contribution in [2.75, 3.05) is 27.4 Å². The summed E-state index contributed by atoms with van der Waals surface area (Å²) < 4.78 is 38.5. The summed E-state index contributed by atoms with van der Waals surface area (Å²) in [6.07, 6.45) is 0. The summed E-state index contributed by atoms with van der Waals surface area (Å²) in [4.78, 5) is 0. The van der Waals surface area contributed by atoms with E-state index in [1.807, 2.05) is 0 Å². The first-order valence-electron chi connectivity index (χ1n) is 5.48. The molecule has 6 heteroatoms. The van der Waals surface area contributed by atoms with Gasteiger partial charge < -0.3 is 19.5 Å². The zero-order valence-electron chi connectivity index (χ0n) is 10.4. The fraction of sp³-hybridized carbons (Fsp3) is 0.500. The van der Waals surface area contributed by atoms with E-state index in [1.54, 1.807) is 19.2 Å². The summed E-state index contributed by atoms with van der Waals surface area (Å²) in [5, 5.41) is 3.14. The topological polar surface area (TPSA) is 39.7 Å². The molecule has 0 spiro atoms. The number of methoxy groups -OCH3 is 2. The standard InChI is InChI=1S/C12H17F2NO3/c1-16-6-5-15-8-9-3-4-10(18-12(13)14)11(7-9)17-2/h3-4,7,12,15H,5-6,8H2,1-2H3. The van der Waals surface area contributed by atoms with Crippen LogP contribution in [0.4, 0.5) is 8.78 Å². The molecule has 102 valence electrons. The third kappa shape index (κ3) is 4.85. The van der Waals surface area contributed by atoms with E-state index in [4.69, 9.17) is 9.47 Å². The van der Waals surface area contributed by atoms with E-state index < -0.39 is 6.61 Å². The first-order valence-corrected chi connectivity index (χ1v) is 5.48. The Balaban J connectivity index is 2.60. The van der Waals surface area contributed by atoms with E-state index in [-0.39, 0.29) is 5.75 Å². The van der Waals surface area contributed by atoms with Gasteiger partial charge in [0.2, 0.25) is 0 Å². The number of rotatable bonds is 8. The van der Waals surface area contributed by atoms with Crippen LogP contribution in [-0.2, 0) is 11.3 Å². The van der Waals surface area contributed by atoms with Gasteiger partial charge in [0.1, 0.15) is 0 Å². The van der Waals surface area contributed by atoms with Crippen LogP contribution in [0, 0.1) is 0 Å². The molecule has 0 aromatic heterocycles. The molecule has 0 bridgehead atoms. The molecular weight excluding hydrogens is 244 g/mol. The summed E-state index contributed by atoms with van der Waals surface area (Å²) in [6.45, 7) is -0.920. The highest BCUT2D eigenvalue weighted by Gasteiger charge is 2.10. The molecule has 0 atom stereocenters. The quantitative estimate of drug-likeness (QED) is 0.727. The number of hydrogen-bond donors (Lipinski definition) is 1. The highest BCUT2D eigenvalue weighted by atomic mass is 19.3. The van der Waals surface area contributed by atoms with Gasteiger partial charge in [-0.05, 0) is 17.7 Å².